The van der Waals surface area contributed by atoms with E-state index in [4.69, 9.17) is 12.3 Å². The van der Waals surface area contributed by atoms with Crippen LogP contribution in [0.25, 0.3) is 0 Å². The molecule has 0 aromatic rings. The third-order valence-corrected chi connectivity index (χ3v) is 0.595. The lowest BCUT2D eigenvalue weighted by Gasteiger charge is -1.83. The van der Waals surface area contributed by atoms with Crippen LogP contribution in [0.4, 0.5) is 0 Å². The molecule has 0 amide bonds. The molecule has 0 saturated carbocycles. The van der Waals surface area contributed by atoms with Crippen LogP contribution >= 0.6 is 0 Å². The largest absolute Gasteiger partial charge is 0.300 e. The van der Waals surface area contributed by atoms with Crippen molar-refractivity contribution >= 4 is 0 Å². The van der Waals surface area contributed by atoms with Crippen LogP contribution in [0, 0.1) is 12.3 Å². The molecule has 0 atom stereocenters. The van der Waals surface area contributed by atoms with Crippen molar-refractivity contribution in [2.75, 3.05) is 6.61 Å². The molecule has 0 unspecified atom stereocenters. The van der Waals surface area contributed by atoms with E-state index >= 15 is 0 Å². The molecule has 0 bridgehead atoms. The van der Waals surface area contributed by atoms with E-state index in [1.54, 1.807) is 6.08 Å². The Morgan fingerprint density at radius 2 is 2.38 bits per heavy atom. The Bertz CT molecular complexity index is 102. The molecule has 0 aromatic carbocycles. The third-order valence-electron chi connectivity index (χ3n) is 0.595. The molecule has 44 valence electrons. The van der Waals surface area contributed by atoms with E-state index in [1.165, 1.54) is 0 Å². The normalized spacial score (nSPS) is 9.50. The fourth-order valence-electron chi connectivity index (χ4n) is 0.275. The summed E-state index contributed by atoms with van der Waals surface area (Å²) in [6.45, 7) is 0.432. The van der Waals surface area contributed by atoms with Gasteiger partial charge in [-0.1, -0.05) is 12.2 Å². The highest BCUT2D eigenvalue weighted by Gasteiger charge is 1.68. The Morgan fingerprint density at radius 1 is 1.62 bits per heavy atom. The summed E-state index contributed by atoms with van der Waals surface area (Å²) in [6.07, 6.45) is 9.18. The van der Waals surface area contributed by atoms with Gasteiger partial charge in [0.15, 0.2) is 0 Å². The first-order chi connectivity index (χ1) is 3.91. The topological polar surface area (TPSA) is 35.2 Å². The molecule has 0 aliphatic heterocycles. The second-order valence-corrected chi connectivity index (χ2v) is 1.21. The molecule has 2 N–H and O–H groups in total. The average molecular weight is 111 g/mol. The first kappa shape index (κ1) is 7.22. The second-order valence-electron chi connectivity index (χ2n) is 1.21. The molecule has 0 aliphatic rings. The van der Waals surface area contributed by atoms with Crippen molar-refractivity contribution in [3.8, 4) is 12.3 Å². The number of allylic oxidation sites excluding steroid dienone is 1. The Kier molecular flexibility index (Phi) is 5.61. The van der Waals surface area contributed by atoms with Gasteiger partial charge in [-0.05, 0) is 0 Å². The lowest BCUT2D eigenvalue weighted by Crippen LogP contribution is -1.96. The van der Waals surface area contributed by atoms with Gasteiger partial charge in [0.05, 0.1) is 6.61 Å². The van der Waals surface area contributed by atoms with Gasteiger partial charge in [0.1, 0.15) is 0 Å². The molecular weight excluding hydrogens is 102 g/mol. The maximum atomic E-state index is 4.94. The summed E-state index contributed by atoms with van der Waals surface area (Å²) in [5, 5.41) is 0. The van der Waals surface area contributed by atoms with Crippen molar-refractivity contribution in [3.05, 3.63) is 12.2 Å². The minimum absolute atomic E-state index is 0.432. The maximum Gasteiger partial charge on any atom is 0.0861 e. The van der Waals surface area contributed by atoms with Crippen LogP contribution < -0.4 is 5.90 Å². The Hall–Kier alpha value is -0.780. The second kappa shape index (κ2) is 6.22. The molecule has 0 radical (unpaired) electrons. The first-order valence-corrected chi connectivity index (χ1v) is 2.32. The van der Waals surface area contributed by atoms with Gasteiger partial charge in [0, 0.05) is 6.42 Å². The van der Waals surface area contributed by atoms with Crippen molar-refractivity contribution in [1.29, 1.82) is 0 Å². The number of terminal acetylenes is 1. The molecule has 2 nitrogen and oxygen atoms in total. The van der Waals surface area contributed by atoms with Gasteiger partial charge in [-0.15, -0.1) is 12.3 Å². The van der Waals surface area contributed by atoms with Crippen LogP contribution in [0.2, 0.25) is 0 Å². The maximum absolute atomic E-state index is 4.94. The number of rotatable bonds is 3. The predicted octanol–water partition coefficient (Wildman–Crippen LogP) is 0.456. The summed E-state index contributed by atoms with van der Waals surface area (Å²) in [6, 6.07) is 0. The van der Waals surface area contributed by atoms with E-state index in [0.717, 1.165) is 0 Å². The van der Waals surface area contributed by atoms with Gasteiger partial charge in [0.2, 0.25) is 0 Å². The van der Waals surface area contributed by atoms with Crippen molar-refractivity contribution in [3.63, 3.8) is 0 Å². The van der Waals surface area contributed by atoms with Gasteiger partial charge in [-0.2, -0.15) is 0 Å². The smallest absolute Gasteiger partial charge is 0.0861 e. The highest BCUT2D eigenvalue weighted by molar-refractivity contribution is 4.96. The van der Waals surface area contributed by atoms with Crippen molar-refractivity contribution in [2.24, 2.45) is 5.90 Å². The summed E-state index contributed by atoms with van der Waals surface area (Å²) in [5.41, 5.74) is 0. The van der Waals surface area contributed by atoms with Gasteiger partial charge in [-0.25, -0.2) is 5.90 Å². The molecule has 2 heteroatoms. The SMILES string of the molecule is C#CCC=CCON. The molecule has 0 heterocycles. The predicted molar refractivity (Wildman–Crippen MR) is 32.7 cm³/mol. The van der Waals surface area contributed by atoms with E-state index in [9.17, 15) is 0 Å². The summed E-state index contributed by atoms with van der Waals surface area (Å²) in [7, 11) is 0. The van der Waals surface area contributed by atoms with Crippen LogP contribution in [0.1, 0.15) is 6.42 Å². The van der Waals surface area contributed by atoms with Crippen LogP contribution in [0.3, 0.4) is 0 Å². The number of nitrogens with two attached hydrogens (primary N) is 1. The standard InChI is InChI=1S/C6H9NO/c1-2-3-4-5-6-8-7/h1,4-5H,3,6-7H2. The Balaban J connectivity index is 2.98. The van der Waals surface area contributed by atoms with Gasteiger partial charge in [0.25, 0.3) is 0 Å². The van der Waals surface area contributed by atoms with E-state index in [0.29, 0.717) is 13.0 Å². The van der Waals surface area contributed by atoms with Gasteiger partial charge in [-0.3, -0.25) is 0 Å². The van der Waals surface area contributed by atoms with Crippen molar-refractivity contribution in [1.82, 2.24) is 0 Å². The number of hydrogen-bond acceptors (Lipinski definition) is 2. The highest BCUT2D eigenvalue weighted by atomic mass is 16.6. The lowest BCUT2D eigenvalue weighted by atomic mass is 10.4. The zero-order valence-corrected chi connectivity index (χ0v) is 4.63. The zero-order chi connectivity index (χ0) is 6.24. The molecule has 0 fully saturated rings. The molecular formula is C6H9NO. The van der Waals surface area contributed by atoms with E-state index in [-0.39, 0.29) is 0 Å². The Labute approximate surface area is 49.3 Å². The molecule has 0 saturated heterocycles. The fraction of sp³-hybridized carbons (Fsp3) is 0.333. The van der Waals surface area contributed by atoms with Crippen LogP contribution in [0.5, 0.6) is 0 Å². The summed E-state index contributed by atoms with van der Waals surface area (Å²) in [5.74, 6) is 7.15. The van der Waals surface area contributed by atoms with Crippen LogP contribution in [-0.4, -0.2) is 6.61 Å². The third kappa shape index (κ3) is 5.22. The van der Waals surface area contributed by atoms with Crippen molar-refractivity contribution in [2.45, 2.75) is 6.42 Å². The highest BCUT2D eigenvalue weighted by Crippen LogP contribution is 1.77. The monoisotopic (exact) mass is 111 g/mol. The van der Waals surface area contributed by atoms with E-state index in [2.05, 4.69) is 10.8 Å². The van der Waals surface area contributed by atoms with Gasteiger partial charge >= 0.3 is 0 Å². The fourth-order valence-corrected chi connectivity index (χ4v) is 0.275. The molecule has 0 aromatic heterocycles. The quantitative estimate of drug-likeness (QED) is 0.326. The summed E-state index contributed by atoms with van der Waals surface area (Å²) >= 11 is 0. The average Bonchev–Trinajstić information content (AvgIpc) is 1.81. The van der Waals surface area contributed by atoms with Gasteiger partial charge < -0.3 is 4.84 Å². The van der Waals surface area contributed by atoms with Crippen molar-refractivity contribution < 1.29 is 4.84 Å². The summed E-state index contributed by atoms with van der Waals surface area (Å²) < 4.78 is 0. The Morgan fingerprint density at radius 3 is 2.88 bits per heavy atom. The first-order valence-electron chi connectivity index (χ1n) is 2.32. The van der Waals surface area contributed by atoms with E-state index < -0.39 is 0 Å². The molecule has 0 spiro atoms. The molecule has 8 heavy (non-hydrogen) atoms. The summed E-state index contributed by atoms with van der Waals surface area (Å²) in [4.78, 5) is 4.23. The van der Waals surface area contributed by atoms with Crippen LogP contribution in [-0.2, 0) is 4.84 Å². The molecule has 0 rings (SSSR count). The zero-order valence-electron chi connectivity index (χ0n) is 4.63. The minimum atomic E-state index is 0.432. The van der Waals surface area contributed by atoms with Crippen LogP contribution in [0.15, 0.2) is 12.2 Å². The number of hydrogen-bond donors (Lipinski definition) is 1. The minimum Gasteiger partial charge on any atom is -0.300 e. The molecule has 0 aliphatic carbocycles. The van der Waals surface area contributed by atoms with E-state index in [1.807, 2.05) is 6.08 Å². The lowest BCUT2D eigenvalue weighted by molar-refractivity contribution is 0.168.